The molecule has 7 heteroatoms. The molecule has 1 fully saturated rings. The molecule has 0 saturated carbocycles. The van der Waals surface area contributed by atoms with Crippen LogP contribution in [0.4, 0.5) is 5.82 Å². The molecule has 0 radical (unpaired) electrons. The molecule has 0 unspecified atom stereocenters. The number of piperidine rings is 1. The van der Waals surface area contributed by atoms with Crippen LogP contribution in [0.3, 0.4) is 0 Å². The van der Waals surface area contributed by atoms with E-state index in [1.54, 1.807) is 12.3 Å². The molecule has 1 saturated heterocycles. The lowest BCUT2D eigenvalue weighted by molar-refractivity contribution is -0.121. The predicted octanol–water partition coefficient (Wildman–Crippen LogP) is 1.18. The number of nitrogen functional groups attached to an aromatic ring is 1. The number of benzene rings is 1. The number of nitrogens with zero attached hydrogens (tertiary/aromatic N) is 2. The second-order valence-corrected chi connectivity index (χ2v) is 7.04. The Morgan fingerprint density at radius 1 is 1.19 bits per heavy atom. The molecule has 0 atom stereocenters. The Labute approximate surface area is 158 Å². The van der Waals surface area contributed by atoms with E-state index in [4.69, 9.17) is 11.5 Å². The summed E-state index contributed by atoms with van der Waals surface area (Å²) in [4.78, 5) is 30.0. The fourth-order valence-corrected chi connectivity index (χ4v) is 3.26. The summed E-state index contributed by atoms with van der Waals surface area (Å²) in [6.07, 6.45) is 3.93. The van der Waals surface area contributed by atoms with Crippen LogP contribution >= 0.6 is 0 Å². The number of anilines is 1. The van der Waals surface area contributed by atoms with Gasteiger partial charge in [0.1, 0.15) is 5.82 Å². The highest BCUT2D eigenvalue weighted by atomic mass is 16.2. The number of pyridine rings is 1. The van der Waals surface area contributed by atoms with Gasteiger partial charge in [0.15, 0.2) is 0 Å². The van der Waals surface area contributed by atoms with E-state index in [-0.39, 0.29) is 23.3 Å². The lowest BCUT2D eigenvalue weighted by Gasteiger charge is -2.29. The third-order valence-corrected chi connectivity index (χ3v) is 4.92. The summed E-state index contributed by atoms with van der Waals surface area (Å²) in [5.41, 5.74) is 13.8. The van der Waals surface area contributed by atoms with Gasteiger partial charge in [-0.2, -0.15) is 0 Å². The number of aromatic nitrogens is 1. The second kappa shape index (κ2) is 8.18. The number of carbonyl (C=O) groups excluding carboxylic acids is 2. The van der Waals surface area contributed by atoms with Gasteiger partial charge in [-0.3, -0.25) is 9.59 Å². The molecule has 1 aromatic carbocycles. The summed E-state index contributed by atoms with van der Waals surface area (Å²) in [5, 5.41) is 3.12. The number of carbonyl (C=O) groups is 2. The van der Waals surface area contributed by atoms with Crippen LogP contribution in [0.1, 0.15) is 28.8 Å². The molecule has 7 nitrogen and oxygen atoms in total. The third-order valence-electron chi connectivity index (χ3n) is 4.92. The number of hydrogen-bond donors (Lipinski definition) is 3. The molecular weight excluding hydrogens is 342 g/mol. The molecule has 5 N–H and O–H groups in total. The lowest BCUT2D eigenvalue weighted by atomic mass is 10.0. The van der Waals surface area contributed by atoms with Crippen molar-refractivity contribution in [3.05, 3.63) is 47.7 Å². The zero-order valence-corrected chi connectivity index (χ0v) is 15.4. The Bertz CT molecular complexity index is 827. The number of rotatable bonds is 5. The average molecular weight is 367 g/mol. The zero-order chi connectivity index (χ0) is 19.4. The van der Waals surface area contributed by atoms with E-state index in [9.17, 15) is 9.59 Å². The van der Waals surface area contributed by atoms with Gasteiger partial charge in [0, 0.05) is 17.8 Å². The Morgan fingerprint density at radius 2 is 1.85 bits per heavy atom. The van der Waals surface area contributed by atoms with Gasteiger partial charge in [0.2, 0.25) is 5.91 Å². The first-order valence-corrected chi connectivity index (χ1v) is 9.05. The molecule has 2 amide bonds. The van der Waals surface area contributed by atoms with Crippen LogP contribution in [0.25, 0.3) is 11.1 Å². The molecule has 0 bridgehead atoms. The number of primary amides is 1. The number of likely N-dealkylation sites (tertiary alicyclic amines) is 1. The van der Waals surface area contributed by atoms with Crippen LogP contribution in [0, 0.1) is 0 Å². The van der Waals surface area contributed by atoms with Crippen molar-refractivity contribution in [3.8, 4) is 11.1 Å². The molecule has 142 valence electrons. The van der Waals surface area contributed by atoms with Crippen LogP contribution in [-0.2, 0) is 11.2 Å². The van der Waals surface area contributed by atoms with Crippen molar-refractivity contribution >= 4 is 17.6 Å². The molecule has 1 aromatic heterocycles. The third kappa shape index (κ3) is 4.83. The van der Waals surface area contributed by atoms with Crippen LogP contribution < -0.4 is 16.8 Å². The first-order valence-electron chi connectivity index (χ1n) is 9.05. The summed E-state index contributed by atoms with van der Waals surface area (Å²) in [5.74, 6) is -0.444. The van der Waals surface area contributed by atoms with E-state index in [1.807, 2.05) is 24.3 Å². The monoisotopic (exact) mass is 367 g/mol. The van der Waals surface area contributed by atoms with E-state index < -0.39 is 5.91 Å². The van der Waals surface area contributed by atoms with Crippen molar-refractivity contribution < 1.29 is 9.59 Å². The van der Waals surface area contributed by atoms with Gasteiger partial charge in [0.25, 0.3) is 5.91 Å². The van der Waals surface area contributed by atoms with Crippen LogP contribution in [-0.4, -0.2) is 47.9 Å². The summed E-state index contributed by atoms with van der Waals surface area (Å²) < 4.78 is 0. The SMILES string of the molecule is CN1CCC(NC(=O)Cc2ccc(-c3cnc(N)c(C(N)=O)c3)cc2)CC1. The second-order valence-electron chi connectivity index (χ2n) is 7.04. The normalized spacial score (nSPS) is 15.4. The first kappa shape index (κ1) is 18.8. The maximum Gasteiger partial charge on any atom is 0.252 e. The van der Waals surface area contributed by atoms with Crippen LogP contribution in [0.5, 0.6) is 0 Å². The molecule has 0 aliphatic carbocycles. The Morgan fingerprint density at radius 3 is 2.48 bits per heavy atom. The first-order chi connectivity index (χ1) is 12.9. The summed E-state index contributed by atoms with van der Waals surface area (Å²) in [6, 6.07) is 9.51. The summed E-state index contributed by atoms with van der Waals surface area (Å²) in [7, 11) is 2.10. The minimum Gasteiger partial charge on any atom is -0.383 e. The van der Waals surface area contributed by atoms with E-state index in [2.05, 4.69) is 22.2 Å². The fraction of sp³-hybridized carbons (Fsp3) is 0.350. The van der Waals surface area contributed by atoms with Gasteiger partial charge < -0.3 is 21.7 Å². The van der Waals surface area contributed by atoms with Gasteiger partial charge >= 0.3 is 0 Å². The predicted molar refractivity (Wildman–Crippen MR) is 105 cm³/mol. The number of nitrogens with two attached hydrogens (primary N) is 2. The van der Waals surface area contributed by atoms with E-state index in [0.29, 0.717) is 6.42 Å². The minimum absolute atomic E-state index is 0.0440. The minimum atomic E-state index is -0.607. The molecule has 3 rings (SSSR count). The van der Waals surface area contributed by atoms with Crippen molar-refractivity contribution in [1.29, 1.82) is 0 Å². The highest BCUT2D eigenvalue weighted by Gasteiger charge is 2.18. The van der Waals surface area contributed by atoms with E-state index in [1.165, 1.54) is 0 Å². The Balaban J connectivity index is 1.63. The van der Waals surface area contributed by atoms with Gasteiger partial charge in [-0.1, -0.05) is 24.3 Å². The molecule has 1 aliphatic heterocycles. The average Bonchev–Trinajstić information content (AvgIpc) is 2.64. The quantitative estimate of drug-likeness (QED) is 0.734. The van der Waals surface area contributed by atoms with Crippen molar-refractivity contribution in [3.63, 3.8) is 0 Å². The van der Waals surface area contributed by atoms with E-state index in [0.717, 1.165) is 42.6 Å². The molecule has 0 spiro atoms. The molecule has 27 heavy (non-hydrogen) atoms. The van der Waals surface area contributed by atoms with Crippen LogP contribution in [0.2, 0.25) is 0 Å². The van der Waals surface area contributed by atoms with Gasteiger partial charge in [0.05, 0.1) is 12.0 Å². The summed E-state index contributed by atoms with van der Waals surface area (Å²) in [6.45, 7) is 2.03. The fourth-order valence-electron chi connectivity index (χ4n) is 3.26. The molecule has 1 aliphatic rings. The Hall–Kier alpha value is -2.93. The lowest BCUT2D eigenvalue weighted by Crippen LogP contribution is -2.43. The van der Waals surface area contributed by atoms with E-state index >= 15 is 0 Å². The standard InChI is InChI=1S/C20H25N5O2/c1-25-8-6-16(7-9-25)24-18(26)10-13-2-4-14(5-3-13)15-11-17(20(22)27)19(21)23-12-15/h2-5,11-12,16H,6-10H2,1H3,(H2,21,23)(H2,22,27)(H,24,26). The summed E-state index contributed by atoms with van der Waals surface area (Å²) >= 11 is 0. The van der Waals surface area contributed by atoms with Crippen molar-refractivity contribution in [2.75, 3.05) is 25.9 Å². The van der Waals surface area contributed by atoms with Gasteiger partial charge in [-0.05, 0) is 50.2 Å². The molecule has 2 heterocycles. The van der Waals surface area contributed by atoms with Gasteiger partial charge in [-0.25, -0.2) is 4.98 Å². The maximum absolute atomic E-state index is 12.3. The van der Waals surface area contributed by atoms with Crippen molar-refractivity contribution in [2.24, 2.45) is 5.73 Å². The van der Waals surface area contributed by atoms with Crippen LogP contribution in [0.15, 0.2) is 36.5 Å². The maximum atomic E-state index is 12.3. The van der Waals surface area contributed by atoms with Gasteiger partial charge in [-0.15, -0.1) is 0 Å². The molecular formula is C20H25N5O2. The number of nitrogens with one attached hydrogen (secondary N) is 1. The largest absolute Gasteiger partial charge is 0.383 e. The zero-order valence-electron chi connectivity index (χ0n) is 15.4. The highest BCUT2D eigenvalue weighted by Crippen LogP contribution is 2.22. The number of hydrogen-bond acceptors (Lipinski definition) is 5. The Kier molecular flexibility index (Phi) is 5.71. The molecule has 2 aromatic rings. The topological polar surface area (TPSA) is 114 Å². The highest BCUT2D eigenvalue weighted by molar-refractivity contribution is 5.98. The van der Waals surface area contributed by atoms with Crippen molar-refractivity contribution in [2.45, 2.75) is 25.3 Å². The smallest absolute Gasteiger partial charge is 0.252 e. The number of amides is 2. The van der Waals surface area contributed by atoms with Crippen molar-refractivity contribution in [1.82, 2.24) is 15.2 Å².